The van der Waals surface area contributed by atoms with Crippen LogP contribution >= 0.6 is 0 Å². The lowest BCUT2D eigenvalue weighted by Crippen LogP contribution is -1.93. The molecule has 0 aliphatic heterocycles. The number of hydrogen-bond acceptors (Lipinski definition) is 2. The minimum atomic E-state index is -0.879. The Labute approximate surface area is 75.4 Å². The molecule has 1 rings (SSSR count). The highest BCUT2D eigenvalue weighted by Gasteiger charge is 1.96. The molecule has 0 aromatic heterocycles. The minimum absolute atomic E-state index is 0.331. The number of hydrogen-bond donors (Lipinski definition) is 2. The van der Waals surface area contributed by atoms with Gasteiger partial charge in [-0.2, -0.15) is 0 Å². The van der Waals surface area contributed by atoms with Gasteiger partial charge in [-0.3, -0.25) is 4.79 Å². The van der Waals surface area contributed by atoms with E-state index in [1.165, 1.54) is 0 Å². The maximum absolute atomic E-state index is 10.2. The van der Waals surface area contributed by atoms with E-state index in [0.29, 0.717) is 5.56 Å². The predicted molar refractivity (Wildman–Crippen MR) is 46.7 cm³/mol. The first-order valence-electron chi connectivity index (χ1n) is 3.52. The second kappa shape index (κ2) is 5.77. The lowest BCUT2D eigenvalue weighted by atomic mass is 10.2. The van der Waals surface area contributed by atoms with Crippen LogP contribution in [0.2, 0.25) is 0 Å². The van der Waals surface area contributed by atoms with Gasteiger partial charge >= 0.3 is 5.97 Å². The highest BCUT2D eigenvalue weighted by atomic mass is 16.4. The lowest BCUT2D eigenvalue weighted by Gasteiger charge is -1.88. The Bertz CT molecular complexity index is 275. The van der Waals surface area contributed by atoms with Crippen LogP contribution in [0.25, 0.3) is 0 Å². The number of carboxylic acids is 2. The predicted octanol–water partition coefficient (Wildman–Crippen LogP) is 1.48. The van der Waals surface area contributed by atoms with E-state index in [4.69, 9.17) is 15.0 Å². The van der Waals surface area contributed by atoms with Gasteiger partial charge in [0, 0.05) is 6.92 Å². The summed E-state index contributed by atoms with van der Waals surface area (Å²) in [4.78, 5) is 19.2. The molecule has 0 radical (unpaired) electrons. The van der Waals surface area contributed by atoms with Crippen LogP contribution in [0.3, 0.4) is 0 Å². The molecule has 1 aromatic rings. The van der Waals surface area contributed by atoms with Crippen LogP contribution < -0.4 is 0 Å². The molecule has 2 N–H and O–H groups in total. The zero-order chi connectivity index (χ0) is 10.3. The zero-order valence-corrected chi connectivity index (χ0v) is 7.10. The van der Waals surface area contributed by atoms with E-state index in [9.17, 15) is 4.79 Å². The summed E-state index contributed by atoms with van der Waals surface area (Å²) < 4.78 is 0. The van der Waals surface area contributed by atoms with Crippen molar-refractivity contribution in [3.63, 3.8) is 0 Å². The van der Waals surface area contributed by atoms with Crippen LogP contribution in [0.15, 0.2) is 30.3 Å². The van der Waals surface area contributed by atoms with E-state index in [2.05, 4.69) is 0 Å². The number of aliphatic carboxylic acids is 1. The number of aromatic carboxylic acids is 1. The van der Waals surface area contributed by atoms with Crippen molar-refractivity contribution >= 4 is 11.9 Å². The monoisotopic (exact) mass is 182 g/mol. The number of carbonyl (C=O) groups is 2. The average molecular weight is 182 g/mol. The van der Waals surface area contributed by atoms with Crippen molar-refractivity contribution in [3.8, 4) is 0 Å². The normalized spacial score (nSPS) is 8.08. The second-order valence-corrected chi connectivity index (χ2v) is 2.19. The van der Waals surface area contributed by atoms with Crippen LogP contribution in [0.4, 0.5) is 0 Å². The Morgan fingerprint density at radius 3 is 1.69 bits per heavy atom. The van der Waals surface area contributed by atoms with Crippen molar-refractivity contribution in [2.45, 2.75) is 6.92 Å². The van der Waals surface area contributed by atoms with Crippen LogP contribution in [0.5, 0.6) is 0 Å². The molecule has 4 nitrogen and oxygen atoms in total. The van der Waals surface area contributed by atoms with Crippen LogP contribution in [-0.4, -0.2) is 22.2 Å². The van der Waals surface area contributed by atoms with E-state index < -0.39 is 11.9 Å². The van der Waals surface area contributed by atoms with Gasteiger partial charge in [0.2, 0.25) is 0 Å². The van der Waals surface area contributed by atoms with Crippen molar-refractivity contribution in [1.82, 2.24) is 0 Å². The van der Waals surface area contributed by atoms with Crippen LogP contribution in [-0.2, 0) is 4.79 Å². The Morgan fingerprint density at radius 1 is 1.08 bits per heavy atom. The molecule has 13 heavy (non-hydrogen) atoms. The van der Waals surface area contributed by atoms with E-state index in [1.54, 1.807) is 30.3 Å². The summed E-state index contributed by atoms with van der Waals surface area (Å²) in [5, 5.41) is 15.8. The second-order valence-electron chi connectivity index (χ2n) is 2.19. The topological polar surface area (TPSA) is 74.6 Å². The largest absolute Gasteiger partial charge is 0.481 e. The van der Waals surface area contributed by atoms with Gasteiger partial charge in [-0.05, 0) is 12.1 Å². The Morgan fingerprint density at radius 2 is 1.46 bits per heavy atom. The van der Waals surface area contributed by atoms with Crippen molar-refractivity contribution < 1.29 is 19.8 Å². The molecule has 0 fully saturated rings. The summed E-state index contributed by atoms with van der Waals surface area (Å²) in [6.07, 6.45) is 0. The third-order valence-electron chi connectivity index (χ3n) is 1.02. The first kappa shape index (κ1) is 11.2. The smallest absolute Gasteiger partial charge is 0.335 e. The quantitative estimate of drug-likeness (QED) is 0.689. The molecule has 0 amide bonds. The van der Waals surface area contributed by atoms with Crippen molar-refractivity contribution in [2.75, 3.05) is 0 Å². The molecule has 0 unspecified atom stereocenters. The zero-order valence-electron chi connectivity index (χ0n) is 7.10. The van der Waals surface area contributed by atoms with Crippen LogP contribution in [0.1, 0.15) is 17.3 Å². The van der Waals surface area contributed by atoms with Crippen LogP contribution in [0, 0.1) is 0 Å². The molecule has 70 valence electrons. The Balaban J connectivity index is 0.000000310. The maximum Gasteiger partial charge on any atom is 0.335 e. The van der Waals surface area contributed by atoms with Gasteiger partial charge in [-0.25, -0.2) is 4.79 Å². The molecule has 0 bridgehead atoms. The fourth-order valence-electron chi connectivity index (χ4n) is 0.581. The highest BCUT2D eigenvalue weighted by Crippen LogP contribution is 1.96. The Kier molecular flexibility index (Phi) is 4.95. The summed E-state index contributed by atoms with van der Waals surface area (Å²) in [5.74, 6) is -1.71. The SMILES string of the molecule is CC(=O)O.O=C(O)c1ccccc1. The van der Waals surface area contributed by atoms with Gasteiger partial charge in [0.1, 0.15) is 0 Å². The van der Waals surface area contributed by atoms with Gasteiger partial charge in [-0.1, -0.05) is 18.2 Å². The molecule has 4 heteroatoms. The highest BCUT2D eigenvalue weighted by molar-refractivity contribution is 5.87. The summed E-state index contributed by atoms with van der Waals surface area (Å²) in [6, 6.07) is 8.30. The molecule has 0 saturated carbocycles. The van der Waals surface area contributed by atoms with Gasteiger partial charge in [-0.15, -0.1) is 0 Å². The maximum atomic E-state index is 10.2. The van der Waals surface area contributed by atoms with Gasteiger partial charge in [0.25, 0.3) is 5.97 Å². The van der Waals surface area contributed by atoms with E-state index >= 15 is 0 Å². The van der Waals surface area contributed by atoms with Gasteiger partial charge < -0.3 is 10.2 Å². The third-order valence-corrected chi connectivity index (χ3v) is 1.02. The lowest BCUT2D eigenvalue weighted by molar-refractivity contribution is -0.134. The molecular formula is C9H10O4. The standard InChI is InChI=1S/C7H6O2.C2H4O2/c8-7(9)6-4-2-1-3-5-6;1-2(3)4/h1-5H,(H,8,9);1H3,(H,3,4). The molecular weight excluding hydrogens is 172 g/mol. The molecule has 0 aliphatic carbocycles. The van der Waals surface area contributed by atoms with Crippen molar-refractivity contribution in [3.05, 3.63) is 35.9 Å². The summed E-state index contributed by atoms with van der Waals surface area (Å²) in [5.41, 5.74) is 0.331. The fraction of sp³-hybridized carbons (Fsp3) is 0.111. The number of rotatable bonds is 1. The average Bonchev–Trinajstić information content (AvgIpc) is 2.05. The van der Waals surface area contributed by atoms with E-state index in [1.807, 2.05) is 0 Å². The molecule has 1 aromatic carbocycles. The first-order chi connectivity index (χ1) is 6.04. The van der Waals surface area contributed by atoms with Crippen molar-refractivity contribution in [1.29, 1.82) is 0 Å². The number of benzene rings is 1. The van der Waals surface area contributed by atoms with E-state index in [0.717, 1.165) is 6.92 Å². The van der Waals surface area contributed by atoms with E-state index in [-0.39, 0.29) is 0 Å². The first-order valence-corrected chi connectivity index (χ1v) is 3.52. The van der Waals surface area contributed by atoms with Gasteiger partial charge in [0.15, 0.2) is 0 Å². The summed E-state index contributed by atoms with van der Waals surface area (Å²) >= 11 is 0. The molecule has 0 atom stereocenters. The summed E-state index contributed by atoms with van der Waals surface area (Å²) in [6.45, 7) is 1.08. The molecule has 0 spiro atoms. The molecule has 0 saturated heterocycles. The Hall–Kier alpha value is -1.84. The van der Waals surface area contributed by atoms with Crippen molar-refractivity contribution in [2.24, 2.45) is 0 Å². The number of carboxylic acid groups (broad SMARTS) is 2. The summed E-state index contributed by atoms with van der Waals surface area (Å²) in [7, 11) is 0. The fourth-order valence-corrected chi connectivity index (χ4v) is 0.581. The third kappa shape index (κ3) is 6.55. The minimum Gasteiger partial charge on any atom is -0.481 e. The van der Waals surface area contributed by atoms with Gasteiger partial charge in [0.05, 0.1) is 5.56 Å². The molecule has 0 heterocycles. The molecule has 0 aliphatic rings.